The Morgan fingerprint density at radius 2 is 1.97 bits per heavy atom. The van der Waals surface area contributed by atoms with Gasteiger partial charge in [0.15, 0.2) is 0 Å². The highest BCUT2D eigenvalue weighted by molar-refractivity contribution is 7.89. The van der Waals surface area contributed by atoms with Gasteiger partial charge in [-0.05, 0) is 67.3 Å². The predicted molar refractivity (Wildman–Crippen MR) is 117 cm³/mol. The van der Waals surface area contributed by atoms with Crippen molar-refractivity contribution in [1.82, 2.24) is 9.62 Å². The zero-order valence-electron chi connectivity index (χ0n) is 16.7. The molecule has 2 amide bonds. The van der Waals surface area contributed by atoms with E-state index in [-0.39, 0.29) is 22.6 Å². The van der Waals surface area contributed by atoms with Crippen LogP contribution in [0.4, 0.5) is 0 Å². The Labute approximate surface area is 181 Å². The van der Waals surface area contributed by atoms with Crippen LogP contribution in [0.2, 0.25) is 0 Å². The van der Waals surface area contributed by atoms with Crippen molar-refractivity contribution in [2.45, 2.75) is 37.0 Å². The Hall–Kier alpha value is -2.23. The van der Waals surface area contributed by atoms with E-state index in [1.807, 2.05) is 17.5 Å². The summed E-state index contributed by atoms with van der Waals surface area (Å²) in [5.74, 6) is -0.171. The average Bonchev–Trinajstić information content (AvgIpc) is 3.25. The van der Waals surface area contributed by atoms with Crippen LogP contribution in [0, 0.1) is 5.92 Å². The molecule has 0 bridgehead atoms. The number of hydrogen-bond donors (Lipinski definition) is 2. The lowest BCUT2D eigenvalue weighted by atomic mass is 9.93. The molecule has 1 aromatic heterocycles. The van der Waals surface area contributed by atoms with E-state index in [1.54, 1.807) is 28.4 Å². The lowest BCUT2D eigenvalue weighted by Crippen LogP contribution is -2.40. The second-order valence-electron chi connectivity index (χ2n) is 7.52. The number of nitrogens with two attached hydrogens (primary N) is 1. The molecule has 0 saturated carbocycles. The van der Waals surface area contributed by atoms with Gasteiger partial charge in [0.1, 0.15) is 0 Å². The van der Waals surface area contributed by atoms with E-state index in [4.69, 9.17) is 5.73 Å². The monoisotopic (exact) mass is 449 g/mol. The molecule has 0 radical (unpaired) electrons. The first-order valence-corrected chi connectivity index (χ1v) is 12.4. The van der Waals surface area contributed by atoms with Crippen LogP contribution in [0.3, 0.4) is 0 Å². The number of thiophene rings is 1. The second-order valence-corrected chi connectivity index (χ2v) is 10.3. The van der Waals surface area contributed by atoms with E-state index >= 15 is 0 Å². The largest absolute Gasteiger partial charge is 0.370 e. The molecule has 3 rings (SSSR count). The first kappa shape index (κ1) is 22.5. The Morgan fingerprint density at radius 3 is 2.63 bits per heavy atom. The minimum atomic E-state index is -3.62. The lowest BCUT2D eigenvalue weighted by Gasteiger charge is -2.32. The molecule has 1 atom stereocenters. The van der Waals surface area contributed by atoms with Crippen molar-refractivity contribution in [2.75, 3.05) is 19.6 Å². The smallest absolute Gasteiger partial charge is 0.253 e. The van der Waals surface area contributed by atoms with E-state index in [9.17, 15) is 18.0 Å². The molecular formula is C21H27N3O4S2. The maximum atomic E-state index is 12.8. The fourth-order valence-corrected chi connectivity index (χ4v) is 5.38. The number of likely N-dealkylation sites (tertiary alicyclic amines) is 1. The molecule has 9 heteroatoms. The van der Waals surface area contributed by atoms with E-state index in [1.165, 1.54) is 12.1 Å². The van der Waals surface area contributed by atoms with Gasteiger partial charge in [-0.25, -0.2) is 13.1 Å². The highest BCUT2D eigenvalue weighted by atomic mass is 32.2. The lowest BCUT2D eigenvalue weighted by molar-refractivity contribution is -0.118. The van der Waals surface area contributed by atoms with E-state index in [2.05, 4.69) is 4.72 Å². The number of amides is 2. The van der Waals surface area contributed by atoms with Crippen LogP contribution >= 0.6 is 11.3 Å². The first-order chi connectivity index (χ1) is 14.3. The van der Waals surface area contributed by atoms with Gasteiger partial charge in [-0.1, -0.05) is 6.07 Å². The molecule has 1 aliphatic rings. The maximum Gasteiger partial charge on any atom is 0.253 e. The number of carbonyl (C=O) groups excluding carboxylic acids is 2. The van der Waals surface area contributed by atoms with Crippen molar-refractivity contribution in [3.8, 4) is 0 Å². The summed E-state index contributed by atoms with van der Waals surface area (Å²) in [6.07, 6.45) is 3.52. The third-order valence-electron chi connectivity index (χ3n) is 5.26. The normalized spacial score (nSPS) is 17.1. The van der Waals surface area contributed by atoms with Crippen LogP contribution in [0.25, 0.3) is 0 Å². The van der Waals surface area contributed by atoms with Crippen LogP contribution in [0.5, 0.6) is 0 Å². The summed E-state index contributed by atoms with van der Waals surface area (Å²) in [7, 11) is -3.62. The van der Waals surface area contributed by atoms with Crippen molar-refractivity contribution in [3.05, 3.63) is 52.2 Å². The number of sulfonamides is 1. The number of carbonyl (C=O) groups is 2. The quantitative estimate of drug-likeness (QED) is 0.612. The molecule has 0 spiro atoms. The number of benzene rings is 1. The molecule has 2 heterocycles. The van der Waals surface area contributed by atoms with Crippen molar-refractivity contribution < 1.29 is 18.0 Å². The Bertz CT molecular complexity index is 957. The molecular weight excluding hydrogens is 422 g/mol. The minimum absolute atomic E-state index is 0.117. The standard InChI is InChI=1S/C21H27N3O4S2/c22-20(25)10-5-16-3-1-13-24(15-16)21(26)17-6-8-19(9-7-17)30(27,28)23-12-11-18-4-2-14-29-18/h2,4,6-9,14,16,23H,1,3,5,10-13,15H2,(H2,22,25). The SMILES string of the molecule is NC(=O)CCC1CCCN(C(=O)c2ccc(S(=O)(=O)NCCc3cccs3)cc2)C1. The molecule has 0 aliphatic carbocycles. The predicted octanol–water partition coefficient (Wildman–Crippen LogP) is 2.39. The molecule has 7 nitrogen and oxygen atoms in total. The van der Waals surface area contributed by atoms with Crippen LogP contribution in [-0.2, 0) is 21.2 Å². The Balaban J connectivity index is 1.57. The summed E-state index contributed by atoms with van der Waals surface area (Å²) in [4.78, 5) is 26.9. The maximum absolute atomic E-state index is 12.8. The molecule has 1 saturated heterocycles. The number of primary amides is 1. The summed E-state index contributed by atoms with van der Waals surface area (Å²) in [5.41, 5.74) is 5.69. The van der Waals surface area contributed by atoms with Gasteiger partial charge in [-0.15, -0.1) is 11.3 Å². The van der Waals surface area contributed by atoms with Gasteiger partial charge in [0.25, 0.3) is 5.91 Å². The van der Waals surface area contributed by atoms with Gasteiger partial charge >= 0.3 is 0 Å². The van der Waals surface area contributed by atoms with Gasteiger partial charge in [-0.3, -0.25) is 9.59 Å². The van der Waals surface area contributed by atoms with Gasteiger partial charge in [0.05, 0.1) is 4.90 Å². The summed E-state index contributed by atoms with van der Waals surface area (Å²) < 4.78 is 27.5. The highest BCUT2D eigenvalue weighted by Gasteiger charge is 2.25. The molecule has 3 N–H and O–H groups in total. The third-order valence-corrected chi connectivity index (χ3v) is 7.67. The molecule has 2 aromatic rings. The van der Waals surface area contributed by atoms with Gasteiger partial charge in [0, 0.05) is 36.5 Å². The van der Waals surface area contributed by atoms with E-state index in [0.717, 1.165) is 17.7 Å². The Kier molecular flexibility index (Phi) is 7.63. The number of rotatable bonds is 9. The van der Waals surface area contributed by atoms with Crippen molar-refractivity contribution in [1.29, 1.82) is 0 Å². The molecule has 1 unspecified atom stereocenters. The fourth-order valence-electron chi connectivity index (χ4n) is 3.64. The van der Waals surface area contributed by atoms with E-state index in [0.29, 0.717) is 44.5 Å². The van der Waals surface area contributed by atoms with Crippen LogP contribution in [-0.4, -0.2) is 44.8 Å². The average molecular weight is 450 g/mol. The number of hydrogen-bond acceptors (Lipinski definition) is 5. The van der Waals surface area contributed by atoms with Crippen molar-refractivity contribution >= 4 is 33.2 Å². The third kappa shape index (κ3) is 6.13. The number of piperidine rings is 1. The summed E-state index contributed by atoms with van der Waals surface area (Å²) in [6.45, 7) is 1.58. The molecule has 30 heavy (non-hydrogen) atoms. The van der Waals surface area contributed by atoms with Crippen LogP contribution in [0.15, 0.2) is 46.7 Å². The zero-order valence-corrected chi connectivity index (χ0v) is 18.4. The first-order valence-electron chi connectivity index (χ1n) is 10.0. The van der Waals surface area contributed by atoms with E-state index < -0.39 is 10.0 Å². The molecule has 1 aromatic carbocycles. The molecule has 1 aliphatic heterocycles. The van der Waals surface area contributed by atoms with Crippen LogP contribution < -0.4 is 10.5 Å². The number of nitrogens with zero attached hydrogens (tertiary/aromatic N) is 1. The fraction of sp³-hybridized carbons (Fsp3) is 0.429. The minimum Gasteiger partial charge on any atom is -0.370 e. The zero-order chi connectivity index (χ0) is 21.6. The van der Waals surface area contributed by atoms with Gasteiger partial charge in [-0.2, -0.15) is 0 Å². The molecule has 1 fully saturated rings. The van der Waals surface area contributed by atoms with Crippen LogP contribution in [0.1, 0.15) is 40.9 Å². The molecule has 162 valence electrons. The van der Waals surface area contributed by atoms with Crippen molar-refractivity contribution in [3.63, 3.8) is 0 Å². The Morgan fingerprint density at radius 1 is 1.20 bits per heavy atom. The van der Waals surface area contributed by atoms with Gasteiger partial charge in [0.2, 0.25) is 15.9 Å². The summed E-state index contributed by atoms with van der Waals surface area (Å²) in [5, 5.41) is 1.96. The number of nitrogens with one attached hydrogen (secondary N) is 1. The summed E-state index contributed by atoms with van der Waals surface area (Å²) >= 11 is 1.59. The highest BCUT2D eigenvalue weighted by Crippen LogP contribution is 2.23. The second kappa shape index (κ2) is 10.2. The summed E-state index contributed by atoms with van der Waals surface area (Å²) in [6, 6.07) is 9.96. The van der Waals surface area contributed by atoms with Crippen molar-refractivity contribution in [2.24, 2.45) is 11.7 Å². The topological polar surface area (TPSA) is 110 Å². The van der Waals surface area contributed by atoms with Gasteiger partial charge < -0.3 is 10.6 Å².